The summed E-state index contributed by atoms with van der Waals surface area (Å²) in [4.78, 5) is 19.6. The number of para-hydroxylation sites is 1. The molecule has 0 unspecified atom stereocenters. The summed E-state index contributed by atoms with van der Waals surface area (Å²) >= 11 is 1.54. The van der Waals surface area contributed by atoms with Crippen LogP contribution in [0.25, 0.3) is 10.9 Å². The lowest BCUT2D eigenvalue weighted by atomic mass is 10.0. The van der Waals surface area contributed by atoms with Crippen molar-refractivity contribution in [2.24, 2.45) is 0 Å². The lowest BCUT2D eigenvalue weighted by Gasteiger charge is -2.29. The minimum Gasteiger partial charge on any atom is -0.311 e. The molecule has 0 bridgehead atoms. The van der Waals surface area contributed by atoms with Gasteiger partial charge in [-0.15, -0.1) is 0 Å². The Hall–Kier alpha value is -2.33. The number of pyridine rings is 1. The normalized spacial score (nSPS) is 13.7. The fraction of sp³-hybridized carbons (Fsp3) is 0.304. The molecule has 27 heavy (non-hydrogen) atoms. The highest BCUT2D eigenvalue weighted by molar-refractivity contribution is 7.99. The van der Waals surface area contributed by atoms with Crippen LogP contribution in [0.5, 0.6) is 0 Å². The molecule has 4 rings (SSSR count). The van der Waals surface area contributed by atoms with Crippen molar-refractivity contribution in [2.45, 2.75) is 38.6 Å². The predicted molar refractivity (Wildman–Crippen MR) is 114 cm³/mol. The van der Waals surface area contributed by atoms with E-state index in [1.165, 1.54) is 39.4 Å². The third kappa shape index (κ3) is 3.59. The van der Waals surface area contributed by atoms with E-state index in [-0.39, 0.29) is 5.91 Å². The number of rotatable bonds is 3. The van der Waals surface area contributed by atoms with Crippen LogP contribution < -0.4 is 4.90 Å². The quantitative estimate of drug-likeness (QED) is 0.587. The molecule has 3 aromatic rings. The van der Waals surface area contributed by atoms with Gasteiger partial charge in [0, 0.05) is 17.6 Å². The number of amides is 1. The smallest absolute Gasteiger partial charge is 0.237 e. The van der Waals surface area contributed by atoms with E-state index in [0.29, 0.717) is 5.75 Å². The van der Waals surface area contributed by atoms with Gasteiger partial charge in [-0.1, -0.05) is 41.6 Å². The Morgan fingerprint density at radius 1 is 1.11 bits per heavy atom. The molecule has 0 aliphatic carbocycles. The maximum Gasteiger partial charge on any atom is 0.237 e. The fourth-order valence-electron chi connectivity index (χ4n) is 3.89. The summed E-state index contributed by atoms with van der Waals surface area (Å²) in [7, 11) is 0. The Morgan fingerprint density at radius 3 is 2.78 bits per heavy atom. The molecule has 0 atom stereocenters. The summed E-state index contributed by atoms with van der Waals surface area (Å²) in [5.74, 6) is 0.573. The number of anilines is 1. The monoisotopic (exact) mass is 376 g/mol. The second-order valence-electron chi connectivity index (χ2n) is 7.32. The molecule has 0 radical (unpaired) electrons. The third-order valence-corrected chi connectivity index (χ3v) is 6.08. The summed E-state index contributed by atoms with van der Waals surface area (Å²) < 4.78 is 0. The Balaban J connectivity index is 1.55. The van der Waals surface area contributed by atoms with Crippen molar-refractivity contribution in [2.75, 3.05) is 17.2 Å². The van der Waals surface area contributed by atoms with E-state index in [1.54, 1.807) is 0 Å². The number of aromatic nitrogens is 1. The van der Waals surface area contributed by atoms with Crippen LogP contribution in [-0.4, -0.2) is 23.2 Å². The van der Waals surface area contributed by atoms with Crippen LogP contribution in [-0.2, 0) is 11.2 Å². The van der Waals surface area contributed by atoms with Gasteiger partial charge in [0.15, 0.2) is 0 Å². The first-order valence-electron chi connectivity index (χ1n) is 9.42. The van der Waals surface area contributed by atoms with Gasteiger partial charge in [-0.25, -0.2) is 4.98 Å². The zero-order chi connectivity index (χ0) is 19.0. The van der Waals surface area contributed by atoms with Crippen molar-refractivity contribution in [3.05, 3.63) is 64.7 Å². The molecule has 0 saturated heterocycles. The maximum absolute atomic E-state index is 12.9. The predicted octanol–water partition coefficient (Wildman–Crippen LogP) is 5.23. The Labute approximate surface area is 164 Å². The van der Waals surface area contributed by atoms with Gasteiger partial charge in [0.1, 0.15) is 0 Å². The summed E-state index contributed by atoms with van der Waals surface area (Å²) in [5.41, 5.74) is 7.04. The molecule has 2 heterocycles. The maximum atomic E-state index is 12.9. The zero-order valence-electron chi connectivity index (χ0n) is 16.1. The molecular formula is C23H24N2OS. The fourth-order valence-corrected chi connectivity index (χ4v) is 4.74. The number of thioether (sulfide) groups is 1. The van der Waals surface area contributed by atoms with Crippen molar-refractivity contribution >= 4 is 34.3 Å². The summed E-state index contributed by atoms with van der Waals surface area (Å²) in [6.45, 7) is 7.14. The van der Waals surface area contributed by atoms with Crippen LogP contribution >= 0.6 is 11.8 Å². The van der Waals surface area contributed by atoms with E-state index in [4.69, 9.17) is 4.98 Å². The Bertz CT molecular complexity index is 1030. The van der Waals surface area contributed by atoms with E-state index < -0.39 is 0 Å². The van der Waals surface area contributed by atoms with Crippen molar-refractivity contribution < 1.29 is 4.79 Å². The Morgan fingerprint density at radius 2 is 1.93 bits per heavy atom. The molecule has 138 valence electrons. The van der Waals surface area contributed by atoms with Crippen LogP contribution in [0.4, 0.5) is 5.69 Å². The second-order valence-corrected chi connectivity index (χ2v) is 8.32. The lowest BCUT2D eigenvalue weighted by molar-refractivity contribution is -0.116. The molecule has 1 aliphatic rings. The number of fused-ring (bicyclic) bond motifs is 2. The third-order valence-electron chi connectivity index (χ3n) is 5.19. The van der Waals surface area contributed by atoms with E-state index in [1.807, 2.05) is 17.0 Å². The molecule has 4 heteroatoms. The lowest BCUT2D eigenvalue weighted by Crippen LogP contribution is -2.36. The highest BCUT2D eigenvalue weighted by Crippen LogP contribution is 2.30. The van der Waals surface area contributed by atoms with E-state index in [0.717, 1.165) is 35.6 Å². The molecule has 1 aromatic heterocycles. The first kappa shape index (κ1) is 18.1. The highest BCUT2D eigenvalue weighted by atomic mass is 32.2. The van der Waals surface area contributed by atoms with Gasteiger partial charge in [-0.3, -0.25) is 4.79 Å². The first-order chi connectivity index (χ1) is 13.0. The largest absolute Gasteiger partial charge is 0.311 e. The molecule has 0 N–H and O–H groups in total. The van der Waals surface area contributed by atoms with E-state index in [9.17, 15) is 4.79 Å². The number of carbonyl (C=O) groups excluding carboxylic acids is 1. The van der Waals surface area contributed by atoms with Crippen molar-refractivity contribution in [3.8, 4) is 0 Å². The van der Waals surface area contributed by atoms with Gasteiger partial charge < -0.3 is 4.90 Å². The number of benzene rings is 2. The van der Waals surface area contributed by atoms with Crippen LogP contribution in [0.15, 0.2) is 47.5 Å². The Kier molecular flexibility index (Phi) is 4.92. The summed E-state index contributed by atoms with van der Waals surface area (Å²) in [6.07, 6.45) is 2.08. The van der Waals surface area contributed by atoms with Gasteiger partial charge >= 0.3 is 0 Å². The average Bonchev–Trinajstić information content (AvgIpc) is 2.66. The van der Waals surface area contributed by atoms with Crippen LogP contribution in [0.2, 0.25) is 0 Å². The van der Waals surface area contributed by atoms with E-state index >= 15 is 0 Å². The highest BCUT2D eigenvalue weighted by Gasteiger charge is 2.22. The summed E-state index contributed by atoms with van der Waals surface area (Å²) in [6, 6.07) is 14.7. The number of hydrogen-bond acceptors (Lipinski definition) is 3. The van der Waals surface area contributed by atoms with Gasteiger partial charge in [-0.05, 0) is 68.5 Å². The van der Waals surface area contributed by atoms with Crippen LogP contribution in [0.1, 0.15) is 28.7 Å². The van der Waals surface area contributed by atoms with Crippen molar-refractivity contribution in [1.29, 1.82) is 0 Å². The molecule has 0 saturated carbocycles. The van der Waals surface area contributed by atoms with Gasteiger partial charge in [-0.2, -0.15) is 0 Å². The first-order valence-corrected chi connectivity index (χ1v) is 10.4. The van der Waals surface area contributed by atoms with Gasteiger partial charge in [0.25, 0.3) is 0 Å². The molecule has 0 spiro atoms. The number of nitrogens with zero attached hydrogens (tertiary/aromatic N) is 2. The van der Waals surface area contributed by atoms with Crippen LogP contribution in [0.3, 0.4) is 0 Å². The summed E-state index contributed by atoms with van der Waals surface area (Å²) in [5, 5.41) is 2.12. The minimum atomic E-state index is 0.160. The van der Waals surface area contributed by atoms with Gasteiger partial charge in [0.05, 0.1) is 16.3 Å². The minimum absolute atomic E-state index is 0.160. The topological polar surface area (TPSA) is 33.2 Å². The average molecular weight is 377 g/mol. The number of hydrogen-bond donors (Lipinski definition) is 0. The number of carbonyl (C=O) groups is 1. The molecule has 2 aromatic carbocycles. The molecule has 0 fully saturated rings. The standard InChI is InChI=1S/C23H24N2OS/c1-15-11-17(3)23-19(12-15)16(2)13-21(24-23)27-14-22(26)25-10-6-8-18-7-4-5-9-20(18)25/h4-5,7,9,11-13H,6,8,10,14H2,1-3H3. The van der Waals surface area contributed by atoms with Gasteiger partial charge in [0.2, 0.25) is 5.91 Å². The molecular weight excluding hydrogens is 352 g/mol. The van der Waals surface area contributed by atoms with Crippen molar-refractivity contribution in [1.82, 2.24) is 4.98 Å². The zero-order valence-corrected chi connectivity index (χ0v) is 16.9. The van der Waals surface area contributed by atoms with E-state index in [2.05, 4.69) is 51.1 Å². The second kappa shape index (κ2) is 7.35. The molecule has 1 aliphatic heterocycles. The SMILES string of the molecule is Cc1cc(C)c2nc(SCC(=O)N3CCCc4ccccc43)cc(C)c2c1. The molecule has 1 amide bonds. The molecule has 3 nitrogen and oxygen atoms in total. The number of aryl methyl sites for hydroxylation is 4. The van der Waals surface area contributed by atoms with Crippen LogP contribution in [0, 0.1) is 20.8 Å². The van der Waals surface area contributed by atoms with Crippen molar-refractivity contribution in [3.63, 3.8) is 0 Å².